The van der Waals surface area contributed by atoms with Gasteiger partial charge in [0.2, 0.25) is 0 Å². The lowest BCUT2D eigenvalue weighted by Gasteiger charge is -2.33. The molecule has 6 heteroatoms. The van der Waals surface area contributed by atoms with E-state index in [0.29, 0.717) is 23.6 Å². The molecule has 29 heavy (non-hydrogen) atoms. The van der Waals surface area contributed by atoms with Crippen LogP contribution in [0.1, 0.15) is 34.5 Å². The predicted octanol–water partition coefficient (Wildman–Crippen LogP) is 3.68. The molecule has 2 aromatic heterocycles. The first-order valence-electron chi connectivity index (χ1n) is 9.87. The minimum absolute atomic E-state index is 0.00325. The Bertz CT molecular complexity index is 1050. The van der Waals surface area contributed by atoms with Crippen molar-refractivity contribution in [2.75, 3.05) is 13.1 Å². The van der Waals surface area contributed by atoms with Crippen LogP contribution in [-0.2, 0) is 6.54 Å². The van der Waals surface area contributed by atoms with Crippen LogP contribution in [0.5, 0.6) is 0 Å². The van der Waals surface area contributed by atoms with Crippen molar-refractivity contribution in [1.82, 2.24) is 19.4 Å². The molecule has 1 atom stereocenters. The highest BCUT2D eigenvalue weighted by Crippen LogP contribution is 2.25. The van der Waals surface area contributed by atoms with Crippen LogP contribution in [-0.4, -0.2) is 38.4 Å². The van der Waals surface area contributed by atoms with E-state index in [1.54, 1.807) is 36.7 Å². The van der Waals surface area contributed by atoms with E-state index < -0.39 is 0 Å². The first kappa shape index (κ1) is 18.9. The van der Waals surface area contributed by atoms with E-state index in [4.69, 9.17) is 5.26 Å². The molecule has 4 rings (SSSR count). The first-order valence-corrected chi connectivity index (χ1v) is 9.87. The van der Waals surface area contributed by atoms with Gasteiger partial charge in [-0.3, -0.25) is 9.78 Å². The van der Waals surface area contributed by atoms with Crippen LogP contribution in [0.3, 0.4) is 0 Å². The number of rotatable bonds is 4. The molecular weight excluding hydrogens is 362 g/mol. The number of aromatic nitrogens is 3. The Morgan fingerprint density at radius 1 is 1.28 bits per heavy atom. The number of benzene rings is 1. The van der Waals surface area contributed by atoms with Gasteiger partial charge in [0, 0.05) is 55.0 Å². The lowest BCUT2D eigenvalue weighted by molar-refractivity contribution is 0.0662. The molecule has 1 saturated heterocycles. The van der Waals surface area contributed by atoms with Gasteiger partial charge in [-0.1, -0.05) is 6.07 Å². The second kappa shape index (κ2) is 8.27. The van der Waals surface area contributed by atoms with Crippen molar-refractivity contribution in [3.05, 3.63) is 71.8 Å². The minimum atomic E-state index is 0.00325. The average molecular weight is 385 g/mol. The normalized spacial score (nSPS) is 16.4. The van der Waals surface area contributed by atoms with Crippen molar-refractivity contribution in [3.63, 3.8) is 0 Å². The van der Waals surface area contributed by atoms with E-state index in [1.165, 1.54) is 0 Å². The van der Waals surface area contributed by atoms with Crippen molar-refractivity contribution in [2.24, 2.45) is 5.92 Å². The molecular formula is C23H23N5O. The number of aryl methyl sites for hydroxylation is 1. The van der Waals surface area contributed by atoms with Crippen molar-refractivity contribution in [1.29, 1.82) is 5.26 Å². The fourth-order valence-corrected chi connectivity index (χ4v) is 3.98. The Kier molecular flexibility index (Phi) is 5.39. The largest absolute Gasteiger partial charge is 0.338 e. The van der Waals surface area contributed by atoms with Gasteiger partial charge < -0.3 is 9.47 Å². The number of hydrogen-bond acceptors (Lipinski definition) is 4. The number of imidazole rings is 1. The summed E-state index contributed by atoms with van der Waals surface area (Å²) in [5.41, 5.74) is 3.26. The SMILES string of the molecule is Cc1cnc(-c2ccncc2)n1CC1CCCN(C(=O)c2cccc(C#N)c2)C1. The highest BCUT2D eigenvalue weighted by Gasteiger charge is 2.26. The van der Waals surface area contributed by atoms with Crippen molar-refractivity contribution in [2.45, 2.75) is 26.3 Å². The summed E-state index contributed by atoms with van der Waals surface area (Å²) in [6.45, 7) is 4.36. The lowest BCUT2D eigenvalue weighted by Crippen LogP contribution is -2.41. The third-order valence-electron chi connectivity index (χ3n) is 5.48. The summed E-state index contributed by atoms with van der Waals surface area (Å²) in [6.07, 6.45) is 7.51. The van der Waals surface area contributed by atoms with Crippen molar-refractivity contribution in [3.8, 4) is 17.5 Å². The summed E-state index contributed by atoms with van der Waals surface area (Å²) in [5, 5.41) is 9.10. The Balaban J connectivity index is 1.51. The molecule has 0 radical (unpaired) electrons. The molecule has 1 unspecified atom stereocenters. The number of pyridine rings is 1. The Morgan fingerprint density at radius 2 is 2.10 bits per heavy atom. The number of nitriles is 1. The average Bonchev–Trinajstić information content (AvgIpc) is 3.14. The monoisotopic (exact) mass is 385 g/mol. The minimum Gasteiger partial charge on any atom is -0.338 e. The molecule has 0 saturated carbocycles. The Morgan fingerprint density at radius 3 is 2.90 bits per heavy atom. The van der Waals surface area contributed by atoms with Crippen molar-refractivity contribution < 1.29 is 4.79 Å². The van der Waals surface area contributed by atoms with Crippen LogP contribution in [0.25, 0.3) is 11.4 Å². The van der Waals surface area contributed by atoms with E-state index in [1.807, 2.05) is 23.2 Å². The van der Waals surface area contributed by atoms with E-state index >= 15 is 0 Å². The van der Waals surface area contributed by atoms with E-state index in [-0.39, 0.29) is 5.91 Å². The van der Waals surface area contributed by atoms with Crippen LogP contribution in [0.15, 0.2) is 55.0 Å². The Hall–Kier alpha value is -3.46. The highest BCUT2D eigenvalue weighted by molar-refractivity contribution is 5.94. The predicted molar refractivity (Wildman–Crippen MR) is 110 cm³/mol. The molecule has 146 valence electrons. The first-order chi connectivity index (χ1) is 14.2. The second-order valence-corrected chi connectivity index (χ2v) is 7.52. The maximum absolute atomic E-state index is 13.0. The summed E-state index contributed by atoms with van der Waals surface area (Å²) < 4.78 is 2.24. The molecule has 6 nitrogen and oxygen atoms in total. The van der Waals surface area contributed by atoms with E-state index in [0.717, 1.165) is 43.0 Å². The van der Waals surface area contributed by atoms with Gasteiger partial charge in [-0.15, -0.1) is 0 Å². The summed E-state index contributed by atoms with van der Waals surface area (Å²) in [4.78, 5) is 23.6. The molecule has 1 aliphatic heterocycles. The number of hydrogen-bond donors (Lipinski definition) is 0. The third kappa shape index (κ3) is 4.04. The highest BCUT2D eigenvalue weighted by atomic mass is 16.2. The lowest BCUT2D eigenvalue weighted by atomic mass is 9.96. The number of piperidine rings is 1. The van der Waals surface area contributed by atoms with Gasteiger partial charge in [-0.2, -0.15) is 5.26 Å². The quantitative estimate of drug-likeness (QED) is 0.687. The molecule has 1 amide bonds. The molecule has 3 aromatic rings. The Labute approximate surface area is 170 Å². The second-order valence-electron chi connectivity index (χ2n) is 7.52. The topological polar surface area (TPSA) is 74.8 Å². The summed E-state index contributed by atoms with van der Waals surface area (Å²) >= 11 is 0. The fraction of sp³-hybridized carbons (Fsp3) is 0.304. The maximum atomic E-state index is 13.0. The van der Waals surface area contributed by atoms with Crippen LogP contribution in [0.4, 0.5) is 0 Å². The van der Waals surface area contributed by atoms with Crippen LogP contribution in [0.2, 0.25) is 0 Å². The summed E-state index contributed by atoms with van der Waals surface area (Å²) in [6, 6.07) is 13.0. The zero-order chi connectivity index (χ0) is 20.2. The molecule has 1 aliphatic rings. The van der Waals surface area contributed by atoms with Gasteiger partial charge in [-0.25, -0.2) is 4.98 Å². The molecule has 3 heterocycles. The van der Waals surface area contributed by atoms with E-state index in [9.17, 15) is 4.79 Å². The van der Waals surface area contributed by atoms with E-state index in [2.05, 4.69) is 27.5 Å². The number of carbonyl (C=O) groups excluding carboxylic acids is 1. The molecule has 0 spiro atoms. The number of likely N-dealkylation sites (tertiary alicyclic amines) is 1. The standard InChI is InChI=1S/C23H23N5O/c1-17-14-26-22(20-7-9-25-10-8-20)28(17)16-19-5-3-11-27(15-19)23(29)21-6-2-4-18(12-21)13-24/h2,4,6-10,12,14,19H,3,5,11,15-16H2,1H3. The van der Waals surface area contributed by atoms with Gasteiger partial charge in [0.15, 0.2) is 0 Å². The molecule has 1 fully saturated rings. The van der Waals surface area contributed by atoms with Crippen LogP contribution >= 0.6 is 0 Å². The molecule has 0 N–H and O–H groups in total. The number of carbonyl (C=O) groups is 1. The molecule has 0 bridgehead atoms. The van der Waals surface area contributed by atoms with Gasteiger partial charge in [0.1, 0.15) is 5.82 Å². The molecule has 0 aliphatic carbocycles. The summed E-state index contributed by atoms with van der Waals surface area (Å²) in [5.74, 6) is 1.30. The number of amides is 1. The fourth-order valence-electron chi connectivity index (χ4n) is 3.98. The number of nitrogens with zero attached hydrogens (tertiary/aromatic N) is 5. The zero-order valence-corrected chi connectivity index (χ0v) is 16.5. The van der Waals surface area contributed by atoms with Crippen LogP contribution < -0.4 is 0 Å². The van der Waals surface area contributed by atoms with Gasteiger partial charge in [0.05, 0.1) is 11.6 Å². The zero-order valence-electron chi connectivity index (χ0n) is 16.5. The van der Waals surface area contributed by atoms with Crippen molar-refractivity contribution >= 4 is 5.91 Å². The molecule has 1 aromatic carbocycles. The van der Waals surface area contributed by atoms with Gasteiger partial charge in [0.25, 0.3) is 5.91 Å². The maximum Gasteiger partial charge on any atom is 0.253 e. The van der Waals surface area contributed by atoms with Gasteiger partial charge in [-0.05, 0) is 56.0 Å². The summed E-state index contributed by atoms with van der Waals surface area (Å²) in [7, 11) is 0. The van der Waals surface area contributed by atoms with Gasteiger partial charge >= 0.3 is 0 Å². The van der Waals surface area contributed by atoms with Crippen LogP contribution in [0, 0.1) is 24.2 Å². The smallest absolute Gasteiger partial charge is 0.253 e. The third-order valence-corrected chi connectivity index (χ3v) is 5.48.